The van der Waals surface area contributed by atoms with E-state index in [9.17, 15) is 8.42 Å². The van der Waals surface area contributed by atoms with Gasteiger partial charge in [0.2, 0.25) is 10.0 Å². The van der Waals surface area contributed by atoms with E-state index in [4.69, 9.17) is 10.5 Å². The Labute approximate surface area is 121 Å². The Bertz CT molecular complexity index is 542. The molecule has 1 aromatic rings. The number of unbranched alkanes of at least 4 members (excludes halogenated alkanes) is 1. The van der Waals surface area contributed by atoms with Gasteiger partial charge in [0, 0.05) is 13.2 Å². The van der Waals surface area contributed by atoms with Crippen molar-refractivity contribution in [3.63, 3.8) is 0 Å². The summed E-state index contributed by atoms with van der Waals surface area (Å²) in [6.07, 6.45) is 2.04. The van der Waals surface area contributed by atoms with Gasteiger partial charge < -0.3 is 10.5 Å². The second-order valence-electron chi connectivity index (χ2n) is 4.81. The van der Waals surface area contributed by atoms with Crippen LogP contribution in [0.5, 0.6) is 0 Å². The van der Waals surface area contributed by atoms with Gasteiger partial charge in [-0.15, -0.1) is 0 Å². The first-order valence-electron chi connectivity index (χ1n) is 6.83. The van der Waals surface area contributed by atoms with Gasteiger partial charge in [-0.2, -0.15) is 0 Å². The smallest absolute Gasteiger partial charge is 0.242 e. The van der Waals surface area contributed by atoms with Crippen molar-refractivity contribution in [2.24, 2.45) is 0 Å². The maximum absolute atomic E-state index is 12.3. The Hall–Kier alpha value is -1.11. The average molecular weight is 300 g/mol. The zero-order valence-electron chi connectivity index (χ0n) is 12.4. The van der Waals surface area contributed by atoms with Crippen molar-refractivity contribution in [3.05, 3.63) is 23.3 Å². The molecule has 0 amide bonds. The minimum atomic E-state index is -3.59. The van der Waals surface area contributed by atoms with Gasteiger partial charge in [-0.05, 0) is 31.4 Å². The maximum Gasteiger partial charge on any atom is 0.242 e. The fourth-order valence-electron chi connectivity index (χ4n) is 1.83. The molecule has 0 aliphatic heterocycles. The summed E-state index contributed by atoms with van der Waals surface area (Å²) in [4.78, 5) is 0.172. The van der Waals surface area contributed by atoms with Crippen LogP contribution in [0, 0.1) is 13.8 Å². The number of nitrogens with one attached hydrogen (secondary N) is 1. The van der Waals surface area contributed by atoms with E-state index in [0.717, 1.165) is 18.4 Å². The fourth-order valence-corrected chi connectivity index (χ4v) is 3.27. The average Bonchev–Trinajstić information content (AvgIpc) is 2.38. The number of sulfonamides is 1. The highest BCUT2D eigenvalue weighted by Crippen LogP contribution is 2.25. The number of ether oxygens (including phenoxy) is 1. The van der Waals surface area contributed by atoms with Crippen molar-refractivity contribution in [2.75, 3.05) is 25.5 Å². The summed E-state index contributed by atoms with van der Waals surface area (Å²) in [6.45, 7) is 6.88. The van der Waals surface area contributed by atoms with Crippen molar-refractivity contribution in [3.8, 4) is 0 Å². The lowest BCUT2D eigenvalue weighted by molar-refractivity contribution is 0.136. The molecule has 114 valence electrons. The van der Waals surface area contributed by atoms with Crippen LogP contribution in [-0.4, -0.2) is 28.2 Å². The zero-order chi connectivity index (χ0) is 15.2. The molecule has 0 spiro atoms. The highest BCUT2D eigenvalue weighted by atomic mass is 32.2. The first kappa shape index (κ1) is 16.9. The normalized spacial score (nSPS) is 11.8. The van der Waals surface area contributed by atoms with Gasteiger partial charge >= 0.3 is 0 Å². The van der Waals surface area contributed by atoms with Crippen LogP contribution in [0.3, 0.4) is 0 Å². The van der Waals surface area contributed by atoms with E-state index in [-0.39, 0.29) is 11.4 Å². The zero-order valence-corrected chi connectivity index (χ0v) is 13.2. The molecule has 0 bridgehead atoms. The van der Waals surface area contributed by atoms with Gasteiger partial charge in [0.1, 0.15) is 4.90 Å². The molecule has 0 aliphatic rings. The van der Waals surface area contributed by atoms with Crippen molar-refractivity contribution in [2.45, 2.75) is 38.5 Å². The molecule has 5 nitrogen and oxygen atoms in total. The van der Waals surface area contributed by atoms with Crippen molar-refractivity contribution in [1.29, 1.82) is 0 Å². The van der Waals surface area contributed by atoms with E-state index in [1.807, 2.05) is 6.07 Å². The molecule has 1 aromatic carbocycles. The number of aryl methyl sites for hydroxylation is 2. The fraction of sp³-hybridized carbons (Fsp3) is 0.571. The quantitative estimate of drug-likeness (QED) is 0.568. The van der Waals surface area contributed by atoms with Gasteiger partial charge in [-0.3, -0.25) is 0 Å². The van der Waals surface area contributed by atoms with E-state index in [1.165, 1.54) is 0 Å². The van der Waals surface area contributed by atoms with Crippen molar-refractivity contribution < 1.29 is 13.2 Å². The van der Waals surface area contributed by atoms with Gasteiger partial charge in [-0.25, -0.2) is 13.1 Å². The lowest BCUT2D eigenvalue weighted by Gasteiger charge is -2.13. The maximum atomic E-state index is 12.3. The summed E-state index contributed by atoms with van der Waals surface area (Å²) in [7, 11) is -3.59. The number of rotatable bonds is 8. The van der Waals surface area contributed by atoms with Crippen LogP contribution in [0.2, 0.25) is 0 Å². The molecular formula is C14H24N2O3S. The van der Waals surface area contributed by atoms with Crippen molar-refractivity contribution in [1.82, 2.24) is 4.72 Å². The number of benzene rings is 1. The van der Waals surface area contributed by atoms with Crippen LogP contribution in [0.15, 0.2) is 17.0 Å². The summed E-state index contributed by atoms with van der Waals surface area (Å²) in [6, 6.07) is 3.58. The Morgan fingerprint density at radius 3 is 2.50 bits per heavy atom. The molecule has 0 saturated carbocycles. The summed E-state index contributed by atoms with van der Waals surface area (Å²) in [5, 5.41) is 0. The van der Waals surface area contributed by atoms with Crippen LogP contribution in [0.1, 0.15) is 30.9 Å². The largest absolute Gasteiger partial charge is 0.397 e. The number of hydrogen-bond acceptors (Lipinski definition) is 4. The predicted octanol–water partition coefficient (Wildman–Crippen LogP) is 1.98. The molecule has 0 aromatic heterocycles. The summed E-state index contributed by atoms with van der Waals surface area (Å²) < 4.78 is 32.4. The Kier molecular flexibility index (Phi) is 6.45. The second kappa shape index (κ2) is 7.61. The van der Waals surface area contributed by atoms with Crippen LogP contribution in [0.4, 0.5) is 5.69 Å². The molecule has 0 atom stereocenters. The van der Waals surface area contributed by atoms with Crippen molar-refractivity contribution >= 4 is 15.7 Å². The summed E-state index contributed by atoms with van der Waals surface area (Å²) in [5.41, 5.74) is 7.60. The summed E-state index contributed by atoms with van der Waals surface area (Å²) in [5.74, 6) is 0. The van der Waals surface area contributed by atoms with Crippen LogP contribution in [0.25, 0.3) is 0 Å². The lowest BCUT2D eigenvalue weighted by atomic mass is 10.1. The number of anilines is 1. The molecule has 0 heterocycles. The van der Waals surface area contributed by atoms with E-state index in [1.54, 1.807) is 19.9 Å². The molecule has 20 heavy (non-hydrogen) atoms. The van der Waals surface area contributed by atoms with Crippen LogP contribution < -0.4 is 10.5 Å². The van der Waals surface area contributed by atoms with Crippen LogP contribution in [-0.2, 0) is 14.8 Å². The molecule has 0 unspecified atom stereocenters. The Morgan fingerprint density at radius 1 is 1.20 bits per heavy atom. The standard InChI is InChI=1S/C14H24N2O3S/c1-4-5-9-19-10-8-16-20(17,18)14-12(3)7-6-11(2)13(14)15/h6-7,16H,4-5,8-10,15H2,1-3H3. The Morgan fingerprint density at radius 2 is 1.85 bits per heavy atom. The number of nitrogen functional groups attached to an aromatic ring is 1. The molecule has 3 N–H and O–H groups in total. The van der Waals surface area contributed by atoms with E-state index < -0.39 is 10.0 Å². The van der Waals surface area contributed by atoms with E-state index >= 15 is 0 Å². The van der Waals surface area contributed by atoms with E-state index in [2.05, 4.69) is 11.6 Å². The third kappa shape index (κ3) is 4.47. The third-order valence-corrected chi connectivity index (χ3v) is 4.72. The highest BCUT2D eigenvalue weighted by Gasteiger charge is 2.20. The predicted molar refractivity (Wildman–Crippen MR) is 81.2 cm³/mol. The van der Waals surface area contributed by atoms with Gasteiger partial charge in [0.05, 0.1) is 12.3 Å². The first-order chi connectivity index (χ1) is 9.40. The molecule has 0 saturated heterocycles. The molecule has 6 heteroatoms. The molecule has 0 aliphatic carbocycles. The summed E-state index contributed by atoms with van der Waals surface area (Å²) >= 11 is 0. The van der Waals surface area contributed by atoms with Gasteiger partial charge in [0.25, 0.3) is 0 Å². The number of hydrogen-bond donors (Lipinski definition) is 2. The minimum Gasteiger partial charge on any atom is -0.397 e. The van der Waals surface area contributed by atoms with Gasteiger partial charge in [0.15, 0.2) is 0 Å². The first-order valence-corrected chi connectivity index (χ1v) is 8.31. The lowest BCUT2D eigenvalue weighted by Crippen LogP contribution is -2.29. The Balaban J connectivity index is 2.68. The molecule has 0 radical (unpaired) electrons. The topological polar surface area (TPSA) is 81.4 Å². The third-order valence-electron chi connectivity index (χ3n) is 3.06. The highest BCUT2D eigenvalue weighted by molar-refractivity contribution is 7.89. The SMILES string of the molecule is CCCCOCCNS(=O)(=O)c1c(C)ccc(C)c1N. The van der Waals surface area contributed by atoms with Gasteiger partial charge in [-0.1, -0.05) is 25.5 Å². The monoisotopic (exact) mass is 300 g/mol. The number of nitrogens with two attached hydrogens (primary N) is 1. The second-order valence-corrected chi connectivity index (χ2v) is 6.51. The molecule has 1 rings (SSSR count). The molecular weight excluding hydrogens is 276 g/mol. The van der Waals surface area contributed by atoms with Crippen LogP contribution >= 0.6 is 0 Å². The van der Waals surface area contributed by atoms with E-state index in [0.29, 0.717) is 24.5 Å². The molecule has 0 fully saturated rings. The minimum absolute atomic E-state index is 0.172.